The van der Waals surface area contributed by atoms with E-state index in [4.69, 9.17) is 4.74 Å². The molecule has 18 heavy (non-hydrogen) atoms. The third-order valence-corrected chi connectivity index (χ3v) is 3.88. The molecular weight excluding hydrogens is 250 g/mol. The third-order valence-electron chi connectivity index (χ3n) is 2.97. The van der Waals surface area contributed by atoms with Crippen molar-refractivity contribution in [2.75, 3.05) is 24.7 Å². The minimum absolute atomic E-state index is 0.0375. The molecule has 6 heteroatoms. The molecule has 1 aromatic heterocycles. The molecule has 1 saturated heterocycles. The summed E-state index contributed by atoms with van der Waals surface area (Å²) >= 11 is 1.52. The summed E-state index contributed by atoms with van der Waals surface area (Å²) < 4.78 is 5.30. The zero-order chi connectivity index (χ0) is 13.0. The summed E-state index contributed by atoms with van der Waals surface area (Å²) in [6.45, 7) is 6.54. The lowest BCUT2D eigenvalue weighted by Gasteiger charge is -2.14. The number of ether oxygens (including phenoxy) is 1. The van der Waals surface area contributed by atoms with Gasteiger partial charge in [0.1, 0.15) is 0 Å². The number of nitrogens with one attached hydrogen (secondary N) is 1. The highest BCUT2D eigenvalue weighted by Gasteiger charge is 2.16. The van der Waals surface area contributed by atoms with Crippen LogP contribution in [-0.4, -0.2) is 36.7 Å². The van der Waals surface area contributed by atoms with E-state index in [-0.39, 0.29) is 5.91 Å². The SMILES string of the molecule is CCN(C(C)=O)c1nc(CNC2CCOC2)cs1. The molecule has 0 aromatic carbocycles. The minimum atomic E-state index is 0.0375. The molecule has 0 aliphatic carbocycles. The number of thiazole rings is 1. The Hall–Kier alpha value is -0.980. The Kier molecular flexibility index (Phi) is 4.68. The molecule has 2 heterocycles. The van der Waals surface area contributed by atoms with E-state index in [2.05, 4.69) is 10.3 Å². The number of nitrogens with zero attached hydrogens (tertiary/aromatic N) is 2. The van der Waals surface area contributed by atoms with E-state index >= 15 is 0 Å². The number of rotatable bonds is 5. The highest BCUT2D eigenvalue weighted by molar-refractivity contribution is 7.14. The summed E-state index contributed by atoms with van der Waals surface area (Å²) in [5.74, 6) is 0.0375. The lowest BCUT2D eigenvalue weighted by molar-refractivity contribution is -0.116. The first-order valence-electron chi connectivity index (χ1n) is 6.24. The molecule has 100 valence electrons. The molecule has 2 rings (SSSR count). The molecule has 1 fully saturated rings. The summed E-state index contributed by atoms with van der Waals surface area (Å²) in [6.07, 6.45) is 1.06. The smallest absolute Gasteiger partial charge is 0.225 e. The zero-order valence-electron chi connectivity index (χ0n) is 10.8. The monoisotopic (exact) mass is 269 g/mol. The van der Waals surface area contributed by atoms with Crippen LogP contribution in [0.25, 0.3) is 0 Å². The van der Waals surface area contributed by atoms with Crippen molar-refractivity contribution in [3.63, 3.8) is 0 Å². The lowest BCUT2D eigenvalue weighted by Crippen LogP contribution is -2.29. The normalized spacial score (nSPS) is 19.1. The first-order valence-corrected chi connectivity index (χ1v) is 7.12. The van der Waals surface area contributed by atoms with Gasteiger partial charge in [-0.1, -0.05) is 0 Å². The van der Waals surface area contributed by atoms with Crippen molar-refractivity contribution in [1.29, 1.82) is 0 Å². The average molecular weight is 269 g/mol. The van der Waals surface area contributed by atoms with Crippen molar-refractivity contribution in [1.82, 2.24) is 10.3 Å². The second-order valence-corrected chi connectivity index (χ2v) is 5.16. The van der Waals surface area contributed by atoms with Gasteiger partial charge in [-0.15, -0.1) is 11.3 Å². The van der Waals surface area contributed by atoms with Crippen molar-refractivity contribution in [3.8, 4) is 0 Å². The van der Waals surface area contributed by atoms with E-state index < -0.39 is 0 Å². The molecule has 1 unspecified atom stereocenters. The number of aromatic nitrogens is 1. The molecule has 5 nitrogen and oxygen atoms in total. The van der Waals surface area contributed by atoms with Gasteiger partial charge in [0.2, 0.25) is 5.91 Å². The van der Waals surface area contributed by atoms with E-state index in [1.54, 1.807) is 11.8 Å². The quantitative estimate of drug-likeness (QED) is 0.878. The Morgan fingerprint density at radius 1 is 1.72 bits per heavy atom. The van der Waals surface area contributed by atoms with Gasteiger partial charge in [0.25, 0.3) is 0 Å². The molecule has 1 atom stereocenters. The van der Waals surface area contributed by atoms with E-state index in [0.717, 1.165) is 37.0 Å². The molecule has 0 spiro atoms. The van der Waals surface area contributed by atoms with Gasteiger partial charge in [-0.2, -0.15) is 0 Å². The first kappa shape index (κ1) is 13.5. The third kappa shape index (κ3) is 3.28. The maximum Gasteiger partial charge on any atom is 0.225 e. The van der Waals surface area contributed by atoms with Crippen LogP contribution in [0.15, 0.2) is 5.38 Å². The van der Waals surface area contributed by atoms with Crippen LogP contribution in [0.1, 0.15) is 26.0 Å². The molecular formula is C12H19N3O2S. The Labute approximate surface area is 111 Å². The van der Waals surface area contributed by atoms with Crippen LogP contribution in [0.2, 0.25) is 0 Å². The molecule has 0 radical (unpaired) electrons. The molecule has 1 aliphatic heterocycles. The van der Waals surface area contributed by atoms with Gasteiger partial charge in [-0.3, -0.25) is 9.69 Å². The van der Waals surface area contributed by atoms with Gasteiger partial charge in [-0.05, 0) is 13.3 Å². The van der Waals surface area contributed by atoms with Crippen LogP contribution < -0.4 is 10.2 Å². The van der Waals surface area contributed by atoms with E-state index in [9.17, 15) is 4.79 Å². The maximum atomic E-state index is 11.4. The van der Waals surface area contributed by atoms with E-state index in [1.807, 2.05) is 12.3 Å². The van der Waals surface area contributed by atoms with Gasteiger partial charge in [0.05, 0.1) is 12.3 Å². The number of anilines is 1. The maximum absolute atomic E-state index is 11.4. The fraction of sp³-hybridized carbons (Fsp3) is 0.667. The van der Waals surface area contributed by atoms with Crippen LogP contribution in [0.5, 0.6) is 0 Å². The van der Waals surface area contributed by atoms with Gasteiger partial charge in [-0.25, -0.2) is 4.98 Å². The van der Waals surface area contributed by atoms with Crippen molar-refractivity contribution in [2.24, 2.45) is 0 Å². The number of carbonyl (C=O) groups is 1. The molecule has 0 saturated carbocycles. The number of amides is 1. The minimum Gasteiger partial charge on any atom is -0.380 e. The highest BCUT2D eigenvalue weighted by atomic mass is 32.1. The predicted molar refractivity (Wildman–Crippen MR) is 71.9 cm³/mol. The molecule has 0 bridgehead atoms. The van der Waals surface area contributed by atoms with Crippen LogP contribution >= 0.6 is 11.3 Å². The van der Waals surface area contributed by atoms with Crippen molar-refractivity contribution in [3.05, 3.63) is 11.1 Å². The largest absolute Gasteiger partial charge is 0.380 e. The number of carbonyl (C=O) groups excluding carboxylic acids is 1. The Balaban J connectivity index is 1.90. The second kappa shape index (κ2) is 6.26. The first-order chi connectivity index (χ1) is 8.70. The standard InChI is InChI=1S/C12H19N3O2S/c1-3-15(9(2)16)12-14-11(8-18-12)6-13-10-4-5-17-7-10/h8,10,13H,3-7H2,1-2H3. The summed E-state index contributed by atoms with van der Waals surface area (Å²) in [6, 6.07) is 0.435. The highest BCUT2D eigenvalue weighted by Crippen LogP contribution is 2.20. The summed E-state index contributed by atoms with van der Waals surface area (Å²) in [7, 11) is 0. The van der Waals surface area contributed by atoms with Crippen LogP contribution in [-0.2, 0) is 16.1 Å². The fourth-order valence-corrected chi connectivity index (χ4v) is 2.87. The topological polar surface area (TPSA) is 54.5 Å². The Bertz CT molecular complexity index is 402. The van der Waals surface area contributed by atoms with Crippen molar-refractivity contribution < 1.29 is 9.53 Å². The van der Waals surface area contributed by atoms with Crippen LogP contribution in [0.3, 0.4) is 0 Å². The van der Waals surface area contributed by atoms with Gasteiger partial charge >= 0.3 is 0 Å². The van der Waals surface area contributed by atoms with E-state index in [1.165, 1.54) is 11.3 Å². The summed E-state index contributed by atoms with van der Waals surface area (Å²) in [4.78, 5) is 17.6. The molecule has 1 aromatic rings. The second-order valence-electron chi connectivity index (χ2n) is 4.33. The molecule has 1 amide bonds. The van der Waals surface area contributed by atoms with Gasteiger partial charge in [0.15, 0.2) is 5.13 Å². The van der Waals surface area contributed by atoms with Gasteiger partial charge in [0, 0.05) is 38.0 Å². The molecule has 1 N–H and O–H groups in total. The van der Waals surface area contributed by atoms with Crippen molar-refractivity contribution in [2.45, 2.75) is 32.9 Å². The van der Waals surface area contributed by atoms with Crippen LogP contribution in [0.4, 0.5) is 5.13 Å². The Morgan fingerprint density at radius 2 is 2.56 bits per heavy atom. The fourth-order valence-electron chi connectivity index (χ4n) is 1.94. The summed E-state index contributed by atoms with van der Waals surface area (Å²) in [5, 5.41) is 6.20. The predicted octanol–water partition coefficient (Wildman–Crippen LogP) is 1.39. The lowest BCUT2D eigenvalue weighted by atomic mass is 10.2. The average Bonchev–Trinajstić information content (AvgIpc) is 2.97. The van der Waals surface area contributed by atoms with Crippen LogP contribution in [0, 0.1) is 0 Å². The Morgan fingerprint density at radius 3 is 3.17 bits per heavy atom. The number of hydrogen-bond donors (Lipinski definition) is 1. The van der Waals surface area contributed by atoms with Crippen molar-refractivity contribution >= 4 is 22.4 Å². The molecule has 1 aliphatic rings. The summed E-state index contributed by atoms with van der Waals surface area (Å²) in [5.41, 5.74) is 0.988. The van der Waals surface area contributed by atoms with E-state index in [0.29, 0.717) is 12.6 Å². The number of hydrogen-bond acceptors (Lipinski definition) is 5. The van der Waals surface area contributed by atoms with Gasteiger partial charge < -0.3 is 10.1 Å². The zero-order valence-corrected chi connectivity index (χ0v) is 11.6.